The smallest absolute Gasteiger partial charge is 0.248 e. The van der Waals surface area contributed by atoms with E-state index in [0.29, 0.717) is 31.0 Å². The molecule has 3 heterocycles. The average Bonchev–Trinajstić information content (AvgIpc) is 3.06. The van der Waals surface area contributed by atoms with Gasteiger partial charge in [0.1, 0.15) is 10.6 Å². The molecule has 0 radical (unpaired) electrons. The highest BCUT2D eigenvalue weighted by atomic mass is 32.2. The highest BCUT2D eigenvalue weighted by Gasteiger charge is 2.34. The molecule has 0 saturated carbocycles. The Morgan fingerprint density at radius 2 is 2.04 bits per heavy atom. The molecule has 0 fully saturated rings. The van der Waals surface area contributed by atoms with Crippen molar-refractivity contribution in [1.82, 2.24) is 14.4 Å². The lowest BCUT2D eigenvalue weighted by Crippen LogP contribution is -2.36. The van der Waals surface area contributed by atoms with Crippen molar-refractivity contribution >= 4 is 20.9 Å². The molecule has 0 unspecified atom stereocenters. The first-order valence-electron chi connectivity index (χ1n) is 7.50. The molecular weight excluding hydrogens is 314 g/mol. The van der Waals surface area contributed by atoms with Crippen LogP contribution in [0.3, 0.4) is 0 Å². The molecule has 4 rings (SSSR count). The number of benzene rings is 1. The summed E-state index contributed by atoms with van der Waals surface area (Å²) in [4.78, 5) is 3.54. The van der Waals surface area contributed by atoms with Gasteiger partial charge in [0.25, 0.3) is 0 Å². The summed E-state index contributed by atoms with van der Waals surface area (Å²) in [6, 6.07) is 8.07. The van der Waals surface area contributed by atoms with Crippen molar-refractivity contribution in [2.75, 3.05) is 6.54 Å². The Labute approximate surface area is 134 Å². The third-order valence-electron chi connectivity index (χ3n) is 4.41. The number of nitrogens with one attached hydrogen (secondary N) is 1. The summed E-state index contributed by atoms with van der Waals surface area (Å²) >= 11 is 0. The summed E-state index contributed by atoms with van der Waals surface area (Å²) in [5, 5.41) is 4.95. The first-order valence-corrected chi connectivity index (χ1v) is 8.94. The zero-order chi connectivity index (χ0) is 16.2. The molecule has 0 amide bonds. The van der Waals surface area contributed by atoms with Crippen LogP contribution < -0.4 is 0 Å². The van der Waals surface area contributed by atoms with Gasteiger partial charge in [-0.25, -0.2) is 8.42 Å². The molecule has 2 aromatic heterocycles. The SMILES string of the molecule is Cc1noc(C)c1S(=O)(=O)N1CCc2c([nH]c3ccccc23)C1. The third-order valence-corrected chi connectivity index (χ3v) is 6.50. The molecule has 0 aliphatic carbocycles. The van der Waals surface area contributed by atoms with Gasteiger partial charge in [0.05, 0.1) is 6.54 Å². The van der Waals surface area contributed by atoms with Crippen LogP contribution in [0.15, 0.2) is 33.7 Å². The zero-order valence-electron chi connectivity index (χ0n) is 13.0. The number of aromatic amines is 1. The Kier molecular flexibility index (Phi) is 3.11. The molecule has 120 valence electrons. The Hall–Kier alpha value is -2.12. The van der Waals surface area contributed by atoms with E-state index in [1.807, 2.05) is 18.2 Å². The maximum Gasteiger partial charge on any atom is 0.248 e. The van der Waals surface area contributed by atoms with Crippen molar-refractivity contribution in [1.29, 1.82) is 0 Å². The van der Waals surface area contributed by atoms with Crippen LogP contribution >= 0.6 is 0 Å². The predicted octanol–water partition coefficient (Wildman–Crippen LogP) is 2.52. The molecule has 7 heteroatoms. The topological polar surface area (TPSA) is 79.2 Å². The zero-order valence-corrected chi connectivity index (χ0v) is 13.8. The number of fused-ring (bicyclic) bond motifs is 3. The molecule has 3 aromatic rings. The van der Waals surface area contributed by atoms with E-state index in [1.165, 1.54) is 15.3 Å². The van der Waals surface area contributed by atoms with Gasteiger partial charge in [-0.2, -0.15) is 4.31 Å². The molecule has 6 nitrogen and oxygen atoms in total. The minimum absolute atomic E-state index is 0.192. The van der Waals surface area contributed by atoms with Crippen molar-refractivity contribution in [3.8, 4) is 0 Å². The highest BCUT2D eigenvalue weighted by Crippen LogP contribution is 2.31. The Balaban J connectivity index is 1.76. The van der Waals surface area contributed by atoms with Crippen LogP contribution in [0.1, 0.15) is 22.7 Å². The van der Waals surface area contributed by atoms with Gasteiger partial charge < -0.3 is 9.51 Å². The standard InChI is InChI=1S/C16H17N3O3S/c1-10-16(11(2)22-18-10)23(20,21)19-8-7-13-12-5-3-4-6-14(12)17-15(13)9-19/h3-6,17H,7-9H2,1-2H3. The maximum atomic E-state index is 12.9. The van der Waals surface area contributed by atoms with E-state index in [9.17, 15) is 8.42 Å². The van der Waals surface area contributed by atoms with Crippen molar-refractivity contribution in [3.63, 3.8) is 0 Å². The van der Waals surface area contributed by atoms with Gasteiger partial charge in [-0.15, -0.1) is 0 Å². The highest BCUT2D eigenvalue weighted by molar-refractivity contribution is 7.89. The van der Waals surface area contributed by atoms with E-state index in [0.717, 1.165) is 11.2 Å². The van der Waals surface area contributed by atoms with Gasteiger partial charge >= 0.3 is 0 Å². The molecule has 1 aliphatic heterocycles. The first kappa shape index (κ1) is 14.5. The Morgan fingerprint density at radius 3 is 2.78 bits per heavy atom. The quantitative estimate of drug-likeness (QED) is 0.782. The van der Waals surface area contributed by atoms with Crippen LogP contribution in [-0.4, -0.2) is 29.4 Å². The van der Waals surface area contributed by atoms with E-state index in [1.54, 1.807) is 13.8 Å². The van der Waals surface area contributed by atoms with Crippen molar-refractivity contribution < 1.29 is 12.9 Å². The number of nitrogens with zero attached hydrogens (tertiary/aromatic N) is 2. The van der Waals surface area contributed by atoms with Crippen molar-refractivity contribution in [2.45, 2.75) is 31.7 Å². The lowest BCUT2D eigenvalue weighted by atomic mass is 10.1. The van der Waals surface area contributed by atoms with Crippen LogP contribution in [0.25, 0.3) is 10.9 Å². The number of hydrogen-bond acceptors (Lipinski definition) is 4. The molecule has 0 bridgehead atoms. The van der Waals surface area contributed by atoms with E-state index in [-0.39, 0.29) is 4.90 Å². The van der Waals surface area contributed by atoms with Crippen molar-refractivity contribution in [2.24, 2.45) is 0 Å². The first-order chi connectivity index (χ1) is 11.0. The van der Waals surface area contributed by atoms with Gasteiger partial charge in [0.2, 0.25) is 10.0 Å². The Bertz CT molecular complexity index is 981. The fourth-order valence-electron chi connectivity index (χ4n) is 3.35. The van der Waals surface area contributed by atoms with Crippen LogP contribution in [0.4, 0.5) is 0 Å². The van der Waals surface area contributed by atoms with Gasteiger partial charge in [-0.1, -0.05) is 23.4 Å². The molecular formula is C16H17N3O3S. The largest absolute Gasteiger partial charge is 0.360 e. The van der Waals surface area contributed by atoms with Gasteiger partial charge in [-0.3, -0.25) is 0 Å². The summed E-state index contributed by atoms with van der Waals surface area (Å²) in [7, 11) is -3.60. The number of rotatable bonds is 2. The van der Waals surface area contributed by atoms with Gasteiger partial charge in [0, 0.05) is 23.1 Å². The monoisotopic (exact) mass is 331 g/mol. The predicted molar refractivity (Wildman–Crippen MR) is 85.6 cm³/mol. The summed E-state index contributed by atoms with van der Waals surface area (Å²) < 4.78 is 32.4. The lowest BCUT2D eigenvalue weighted by molar-refractivity contribution is 0.380. The molecule has 23 heavy (non-hydrogen) atoms. The molecule has 1 aliphatic rings. The van der Waals surface area contributed by atoms with E-state index >= 15 is 0 Å². The second-order valence-electron chi connectivity index (χ2n) is 5.87. The molecule has 0 atom stereocenters. The Morgan fingerprint density at radius 1 is 1.26 bits per heavy atom. The lowest BCUT2D eigenvalue weighted by Gasteiger charge is -2.26. The van der Waals surface area contributed by atoms with Gasteiger partial charge in [-0.05, 0) is 31.9 Å². The normalized spacial score (nSPS) is 15.9. The number of para-hydroxylation sites is 1. The summed E-state index contributed by atoms with van der Waals surface area (Å²) in [5.74, 6) is 0.338. The van der Waals surface area contributed by atoms with E-state index < -0.39 is 10.0 Å². The van der Waals surface area contributed by atoms with Crippen LogP contribution in [0.5, 0.6) is 0 Å². The summed E-state index contributed by atoms with van der Waals surface area (Å²) in [6.07, 6.45) is 0.696. The third kappa shape index (κ3) is 2.11. The second-order valence-corrected chi connectivity index (χ2v) is 7.74. The maximum absolute atomic E-state index is 12.9. The fourth-order valence-corrected chi connectivity index (χ4v) is 5.05. The number of H-pyrrole nitrogens is 1. The molecule has 0 saturated heterocycles. The molecule has 0 spiro atoms. The number of aryl methyl sites for hydroxylation is 2. The molecule has 1 N–H and O–H groups in total. The van der Waals surface area contributed by atoms with Gasteiger partial charge in [0.15, 0.2) is 5.76 Å². The van der Waals surface area contributed by atoms with E-state index in [4.69, 9.17) is 4.52 Å². The number of hydrogen-bond donors (Lipinski definition) is 1. The fraction of sp³-hybridized carbons (Fsp3) is 0.312. The van der Waals surface area contributed by atoms with Crippen molar-refractivity contribution in [3.05, 3.63) is 47.0 Å². The molecule has 1 aromatic carbocycles. The van der Waals surface area contributed by atoms with E-state index in [2.05, 4.69) is 16.2 Å². The summed E-state index contributed by atoms with van der Waals surface area (Å²) in [6.45, 7) is 4.09. The average molecular weight is 331 g/mol. The van der Waals surface area contributed by atoms with Crippen LogP contribution in [0, 0.1) is 13.8 Å². The van der Waals surface area contributed by atoms with Crippen LogP contribution in [-0.2, 0) is 23.0 Å². The minimum atomic E-state index is -3.60. The number of aromatic nitrogens is 2. The number of sulfonamides is 1. The minimum Gasteiger partial charge on any atom is -0.360 e. The second kappa shape index (κ2) is 4.94. The van der Waals surface area contributed by atoms with Crippen LogP contribution in [0.2, 0.25) is 0 Å². The summed E-state index contributed by atoms with van der Waals surface area (Å²) in [5.41, 5.74) is 3.64.